The molecule has 0 aromatic carbocycles. The van der Waals surface area contributed by atoms with Gasteiger partial charge in [-0.1, -0.05) is 12.2 Å². The van der Waals surface area contributed by atoms with Crippen molar-refractivity contribution in [1.29, 1.82) is 0 Å². The van der Waals surface area contributed by atoms with Gasteiger partial charge in [-0.25, -0.2) is 0 Å². The molecule has 2 heterocycles. The standard InChI is InChI=1S/C16H24N4O/c1-19-12-17-18-16(19)14-8-5-9-20(11-14)15(21)10-13-6-3-2-4-7-13/h3,6,12-14H,2,4-5,7-11H2,1H3/t13-,14+/m1/s1. The van der Waals surface area contributed by atoms with Gasteiger partial charge in [-0.3, -0.25) is 4.79 Å². The van der Waals surface area contributed by atoms with Gasteiger partial charge in [-0.05, 0) is 38.0 Å². The van der Waals surface area contributed by atoms with Crippen LogP contribution in [0.2, 0.25) is 0 Å². The Kier molecular flexibility index (Phi) is 4.36. The number of hydrogen-bond acceptors (Lipinski definition) is 3. The van der Waals surface area contributed by atoms with Crippen LogP contribution in [0.3, 0.4) is 0 Å². The molecule has 0 saturated carbocycles. The fourth-order valence-electron chi connectivity index (χ4n) is 3.48. The molecule has 1 aromatic rings. The summed E-state index contributed by atoms with van der Waals surface area (Å²) < 4.78 is 1.97. The van der Waals surface area contributed by atoms with Crippen molar-refractivity contribution in [3.8, 4) is 0 Å². The van der Waals surface area contributed by atoms with Gasteiger partial charge in [0.25, 0.3) is 0 Å². The van der Waals surface area contributed by atoms with E-state index < -0.39 is 0 Å². The smallest absolute Gasteiger partial charge is 0.223 e. The number of allylic oxidation sites excluding steroid dienone is 2. The van der Waals surface area contributed by atoms with Crippen molar-refractivity contribution in [2.45, 2.75) is 44.4 Å². The Bertz CT molecular complexity index is 522. The molecular formula is C16H24N4O. The number of carbonyl (C=O) groups is 1. The van der Waals surface area contributed by atoms with Crippen molar-refractivity contribution in [3.63, 3.8) is 0 Å². The number of amides is 1. The van der Waals surface area contributed by atoms with Gasteiger partial charge in [0.05, 0.1) is 0 Å². The Balaban J connectivity index is 1.60. The summed E-state index contributed by atoms with van der Waals surface area (Å²) in [5, 5.41) is 8.17. The van der Waals surface area contributed by atoms with Crippen LogP contribution < -0.4 is 0 Å². The van der Waals surface area contributed by atoms with Crippen molar-refractivity contribution >= 4 is 5.91 Å². The fraction of sp³-hybridized carbons (Fsp3) is 0.688. The Morgan fingerprint density at radius 2 is 2.29 bits per heavy atom. The minimum atomic E-state index is 0.304. The van der Waals surface area contributed by atoms with Crippen LogP contribution >= 0.6 is 0 Å². The molecule has 1 aliphatic carbocycles. The van der Waals surface area contributed by atoms with Crippen LogP contribution in [0, 0.1) is 5.92 Å². The molecule has 0 unspecified atom stereocenters. The van der Waals surface area contributed by atoms with Crippen LogP contribution in [0.15, 0.2) is 18.5 Å². The zero-order valence-corrected chi connectivity index (χ0v) is 12.7. The van der Waals surface area contributed by atoms with Crippen molar-refractivity contribution < 1.29 is 4.79 Å². The molecular weight excluding hydrogens is 264 g/mol. The van der Waals surface area contributed by atoms with Crippen LogP contribution in [0.4, 0.5) is 0 Å². The minimum Gasteiger partial charge on any atom is -0.342 e. The highest BCUT2D eigenvalue weighted by Crippen LogP contribution is 2.27. The molecule has 1 aliphatic heterocycles. The highest BCUT2D eigenvalue weighted by molar-refractivity contribution is 5.76. The Morgan fingerprint density at radius 1 is 1.38 bits per heavy atom. The molecule has 2 aliphatic rings. The number of carbonyl (C=O) groups excluding carboxylic acids is 1. The number of aromatic nitrogens is 3. The molecule has 0 radical (unpaired) electrons. The predicted octanol–water partition coefficient (Wildman–Crippen LogP) is 2.27. The van der Waals surface area contributed by atoms with Crippen molar-refractivity contribution in [1.82, 2.24) is 19.7 Å². The van der Waals surface area contributed by atoms with Gasteiger partial charge in [0.15, 0.2) is 0 Å². The van der Waals surface area contributed by atoms with Gasteiger partial charge in [-0.15, -0.1) is 10.2 Å². The maximum absolute atomic E-state index is 12.5. The van der Waals surface area contributed by atoms with E-state index in [0.29, 0.717) is 24.2 Å². The topological polar surface area (TPSA) is 51.0 Å². The molecule has 0 spiro atoms. The number of aryl methyl sites for hydroxylation is 1. The molecule has 1 amide bonds. The number of nitrogens with zero attached hydrogens (tertiary/aromatic N) is 4. The van der Waals surface area contributed by atoms with Crippen molar-refractivity contribution in [3.05, 3.63) is 24.3 Å². The quantitative estimate of drug-likeness (QED) is 0.802. The number of rotatable bonds is 3. The van der Waals surface area contributed by atoms with Gasteiger partial charge in [-0.2, -0.15) is 0 Å². The lowest BCUT2D eigenvalue weighted by atomic mass is 9.91. The van der Waals surface area contributed by atoms with Gasteiger partial charge in [0.1, 0.15) is 12.2 Å². The SMILES string of the molecule is Cn1cnnc1[C@H]1CCCN(C(=O)C[C@@H]2C=CCCC2)C1. The average Bonchev–Trinajstić information content (AvgIpc) is 2.94. The van der Waals surface area contributed by atoms with E-state index in [1.807, 2.05) is 16.5 Å². The molecule has 114 valence electrons. The molecule has 5 nitrogen and oxygen atoms in total. The molecule has 3 rings (SSSR count). The van der Waals surface area contributed by atoms with E-state index in [-0.39, 0.29) is 0 Å². The average molecular weight is 288 g/mol. The van der Waals surface area contributed by atoms with E-state index in [4.69, 9.17) is 0 Å². The predicted molar refractivity (Wildman–Crippen MR) is 80.7 cm³/mol. The lowest BCUT2D eigenvalue weighted by molar-refractivity contribution is -0.133. The zero-order chi connectivity index (χ0) is 14.7. The summed E-state index contributed by atoms with van der Waals surface area (Å²) in [6.45, 7) is 1.69. The first-order valence-corrected chi connectivity index (χ1v) is 8.02. The number of likely N-dealkylation sites (tertiary alicyclic amines) is 1. The third-order valence-electron chi connectivity index (χ3n) is 4.68. The van der Waals surface area contributed by atoms with Gasteiger partial charge in [0, 0.05) is 32.5 Å². The van der Waals surface area contributed by atoms with E-state index in [2.05, 4.69) is 22.3 Å². The summed E-state index contributed by atoms with van der Waals surface area (Å²) in [5.41, 5.74) is 0. The van der Waals surface area contributed by atoms with E-state index in [9.17, 15) is 4.79 Å². The molecule has 21 heavy (non-hydrogen) atoms. The van der Waals surface area contributed by atoms with Gasteiger partial charge >= 0.3 is 0 Å². The first-order valence-electron chi connectivity index (χ1n) is 8.02. The number of hydrogen-bond donors (Lipinski definition) is 0. The summed E-state index contributed by atoms with van der Waals surface area (Å²) in [7, 11) is 1.98. The first-order chi connectivity index (χ1) is 10.2. The molecule has 1 fully saturated rings. The van der Waals surface area contributed by atoms with E-state index in [1.54, 1.807) is 6.33 Å². The largest absolute Gasteiger partial charge is 0.342 e. The molecule has 0 bridgehead atoms. The molecule has 5 heteroatoms. The van der Waals surface area contributed by atoms with Crippen molar-refractivity contribution in [2.24, 2.45) is 13.0 Å². The van der Waals surface area contributed by atoms with E-state index >= 15 is 0 Å². The van der Waals surface area contributed by atoms with Crippen LogP contribution in [0.25, 0.3) is 0 Å². The zero-order valence-electron chi connectivity index (χ0n) is 12.7. The minimum absolute atomic E-state index is 0.304. The maximum Gasteiger partial charge on any atom is 0.223 e. The lowest BCUT2D eigenvalue weighted by Gasteiger charge is -2.33. The highest BCUT2D eigenvalue weighted by atomic mass is 16.2. The normalized spacial score (nSPS) is 26.0. The summed E-state index contributed by atoms with van der Waals surface area (Å²) >= 11 is 0. The van der Waals surface area contributed by atoms with Crippen LogP contribution in [-0.2, 0) is 11.8 Å². The first kappa shape index (κ1) is 14.3. The second-order valence-corrected chi connectivity index (χ2v) is 6.30. The van der Waals surface area contributed by atoms with E-state index in [0.717, 1.165) is 38.2 Å². The van der Waals surface area contributed by atoms with Gasteiger partial charge in [0.2, 0.25) is 5.91 Å². The summed E-state index contributed by atoms with van der Waals surface area (Å²) in [4.78, 5) is 14.5. The highest BCUT2D eigenvalue weighted by Gasteiger charge is 2.28. The van der Waals surface area contributed by atoms with E-state index in [1.165, 1.54) is 12.8 Å². The Morgan fingerprint density at radius 3 is 3.00 bits per heavy atom. The van der Waals surface area contributed by atoms with Crippen molar-refractivity contribution in [2.75, 3.05) is 13.1 Å². The third-order valence-corrected chi connectivity index (χ3v) is 4.68. The summed E-state index contributed by atoms with van der Waals surface area (Å²) in [6, 6.07) is 0. The second kappa shape index (κ2) is 6.41. The molecule has 2 atom stereocenters. The Hall–Kier alpha value is -1.65. The van der Waals surface area contributed by atoms with Gasteiger partial charge < -0.3 is 9.47 Å². The second-order valence-electron chi connectivity index (χ2n) is 6.30. The van der Waals surface area contributed by atoms with Crippen LogP contribution in [-0.4, -0.2) is 38.7 Å². The molecule has 1 aromatic heterocycles. The third kappa shape index (κ3) is 3.34. The number of piperidine rings is 1. The van der Waals surface area contributed by atoms with Crippen LogP contribution in [0.1, 0.15) is 50.3 Å². The monoisotopic (exact) mass is 288 g/mol. The fourth-order valence-corrected chi connectivity index (χ4v) is 3.48. The molecule has 0 N–H and O–H groups in total. The summed E-state index contributed by atoms with van der Waals surface area (Å²) in [6.07, 6.45) is 12.6. The maximum atomic E-state index is 12.5. The Labute approximate surface area is 126 Å². The lowest BCUT2D eigenvalue weighted by Crippen LogP contribution is -2.40. The molecule has 1 saturated heterocycles. The summed E-state index contributed by atoms with van der Waals surface area (Å²) in [5.74, 6) is 2.09. The van der Waals surface area contributed by atoms with Crippen LogP contribution in [0.5, 0.6) is 0 Å².